The van der Waals surface area contributed by atoms with Crippen molar-refractivity contribution in [3.63, 3.8) is 0 Å². The van der Waals surface area contributed by atoms with Gasteiger partial charge in [-0.05, 0) is 12.8 Å². The van der Waals surface area contributed by atoms with Gasteiger partial charge >= 0.3 is 0 Å². The molecule has 1 aliphatic rings. The number of aliphatic hydroxyl groups excluding tert-OH is 1. The number of aromatic nitrogens is 1. The van der Waals surface area contributed by atoms with E-state index in [0.29, 0.717) is 19.4 Å². The maximum atomic E-state index is 9.23. The van der Waals surface area contributed by atoms with Crippen LogP contribution in [-0.4, -0.2) is 23.3 Å². The Kier molecular flexibility index (Phi) is 2.57. The molecule has 0 aromatic carbocycles. The molecular weight excluding hydrogens is 200 g/mol. The minimum atomic E-state index is -0.401. The lowest BCUT2D eigenvalue weighted by Gasteiger charge is -2.40. The van der Waals surface area contributed by atoms with E-state index >= 15 is 0 Å². The molecule has 0 aliphatic heterocycles. The van der Waals surface area contributed by atoms with Crippen LogP contribution in [0.25, 0.3) is 0 Å². The summed E-state index contributed by atoms with van der Waals surface area (Å²) in [7, 11) is 1.65. The summed E-state index contributed by atoms with van der Waals surface area (Å²) in [4.78, 5) is 4.39. The van der Waals surface area contributed by atoms with Crippen LogP contribution in [-0.2, 0) is 16.9 Å². The van der Waals surface area contributed by atoms with Crippen molar-refractivity contribution in [3.05, 3.63) is 16.1 Å². The van der Waals surface area contributed by atoms with Crippen LogP contribution >= 0.6 is 11.3 Å². The fourth-order valence-electron chi connectivity index (χ4n) is 1.72. The van der Waals surface area contributed by atoms with Crippen LogP contribution in [0, 0.1) is 0 Å². The van der Waals surface area contributed by atoms with Crippen molar-refractivity contribution in [2.24, 2.45) is 5.73 Å². The third-order valence-corrected chi connectivity index (χ3v) is 3.35. The van der Waals surface area contributed by atoms with Crippen molar-refractivity contribution in [2.45, 2.75) is 31.1 Å². The predicted octanol–water partition coefficient (Wildman–Crippen LogP) is 0.598. The Morgan fingerprint density at radius 1 is 1.79 bits per heavy atom. The molecule has 1 fully saturated rings. The van der Waals surface area contributed by atoms with Gasteiger partial charge in [-0.1, -0.05) is 0 Å². The first kappa shape index (κ1) is 10.0. The van der Waals surface area contributed by atoms with Crippen LogP contribution in [0.15, 0.2) is 5.38 Å². The molecule has 1 aromatic rings. The number of nitrogens with zero attached hydrogens (tertiary/aromatic N) is 1. The summed E-state index contributed by atoms with van der Waals surface area (Å²) in [5.41, 5.74) is 6.56. The average molecular weight is 214 g/mol. The van der Waals surface area contributed by atoms with E-state index in [0.717, 1.165) is 10.7 Å². The van der Waals surface area contributed by atoms with E-state index in [1.807, 2.05) is 5.38 Å². The zero-order valence-electron chi connectivity index (χ0n) is 8.06. The fourth-order valence-corrected chi connectivity index (χ4v) is 2.59. The van der Waals surface area contributed by atoms with Gasteiger partial charge < -0.3 is 15.6 Å². The first-order valence-corrected chi connectivity index (χ1v) is 5.43. The second-order valence-corrected chi connectivity index (χ2v) is 4.72. The SMILES string of the molecule is COCc1nc(C2(N)CC(O)C2)cs1. The van der Waals surface area contributed by atoms with E-state index in [4.69, 9.17) is 10.5 Å². The maximum Gasteiger partial charge on any atom is 0.119 e. The third-order valence-electron chi connectivity index (χ3n) is 2.53. The van der Waals surface area contributed by atoms with Crippen molar-refractivity contribution in [1.82, 2.24) is 4.98 Å². The minimum absolute atomic E-state index is 0.257. The molecule has 5 heteroatoms. The lowest BCUT2D eigenvalue weighted by atomic mass is 9.73. The van der Waals surface area contributed by atoms with Gasteiger partial charge in [0, 0.05) is 12.5 Å². The monoisotopic (exact) mass is 214 g/mol. The quantitative estimate of drug-likeness (QED) is 0.773. The molecular formula is C9H14N2O2S. The smallest absolute Gasteiger partial charge is 0.119 e. The van der Waals surface area contributed by atoms with Crippen molar-refractivity contribution in [1.29, 1.82) is 0 Å². The molecule has 78 valence electrons. The molecule has 0 spiro atoms. The molecule has 1 heterocycles. The van der Waals surface area contributed by atoms with E-state index in [9.17, 15) is 5.11 Å². The number of methoxy groups -OCH3 is 1. The van der Waals surface area contributed by atoms with Gasteiger partial charge in [-0.25, -0.2) is 4.98 Å². The van der Waals surface area contributed by atoms with Gasteiger partial charge in [0.25, 0.3) is 0 Å². The predicted molar refractivity (Wildman–Crippen MR) is 53.9 cm³/mol. The Morgan fingerprint density at radius 3 is 3.07 bits per heavy atom. The molecule has 1 saturated carbocycles. The van der Waals surface area contributed by atoms with Crippen molar-refractivity contribution >= 4 is 11.3 Å². The Hall–Kier alpha value is -0.490. The summed E-state index contributed by atoms with van der Waals surface area (Å²) in [6, 6.07) is 0. The zero-order valence-corrected chi connectivity index (χ0v) is 8.88. The highest BCUT2D eigenvalue weighted by atomic mass is 32.1. The van der Waals surface area contributed by atoms with Crippen molar-refractivity contribution in [3.8, 4) is 0 Å². The number of hydrogen-bond acceptors (Lipinski definition) is 5. The summed E-state index contributed by atoms with van der Waals surface area (Å²) >= 11 is 1.55. The van der Waals surface area contributed by atoms with E-state index in [1.165, 1.54) is 0 Å². The lowest BCUT2D eigenvalue weighted by Crippen LogP contribution is -2.51. The molecule has 1 aromatic heterocycles. The van der Waals surface area contributed by atoms with Crippen LogP contribution in [0.2, 0.25) is 0 Å². The second kappa shape index (κ2) is 3.58. The van der Waals surface area contributed by atoms with Crippen LogP contribution in [0.3, 0.4) is 0 Å². The Labute approximate surface area is 86.7 Å². The summed E-state index contributed by atoms with van der Waals surface area (Å²) in [6.07, 6.45) is 0.972. The van der Waals surface area contributed by atoms with Crippen LogP contribution in [0.1, 0.15) is 23.5 Å². The van der Waals surface area contributed by atoms with Gasteiger partial charge in [0.1, 0.15) is 5.01 Å². The normalized spacial score (nSPS) is 31.5. The molecule has 0 radical (unpaired) electrons. The molecule has 0 atom stereocenters. The lowest BCUT2D eigenvalue weighted by molar-refractivity contribution is 0.0189. The van der Waals surface area contributed by atoms with Gasteiger partial charge in [-0.3, -0.25) is 0 Å². The standard InChI is InChI=1S/C9H14N2O2S/c1-13-4-8-11-7(5-14-8)9(10)2-6(12)3-9/h5-6,12H,2-4,10H2,1H3. The van der Waals surface area contributed by atoms with E-state index in [1.54, 1.807) is 18.4 Å². The van der Waals surface area contributed by atoms with Crippen molar-refractivity contribution in [2.75, 3.05) is 7.11 Å². The van der Waals surface area contributed by atoms with Gasteiger partial charge in [0.15, 0.2) is 0 Å². The average Bonchev–Trinajstić information content (AvgIpc) is 2.51. The summed E-state index contributed by atoms with van der Waals surface area (Å²) in [6.45, 7) is 0.531. The number of rotatable bonds is 3. The topological polar surface area (TPSA) is 68.4 Å². The van der Waals surface area contributed by atoms with E-state index < -0.39 is 5.54 Å². The Morgan fingerprint density at radius 2 is 2.50 bits per heavy atom. The minimum Gasteiger partial charge on any atom is -0.393 e. The first-order valence-electron chi connectivity index (χ1n) is 4.55. The number of hydrogen-bond donors (Lipinski definition) is 2. The number of thiazole rings is 1. The molecule has 1 aliphatic carbocycles. The molecule has 4 nitrogen and oxygen atoms in total. The van der Waals surface area contributed by atoms with E-state index in [2.05, 4.69) is 4.98 Å². The maximum absolute atomic E-state index is 9.23. The largest absolute Gasteiger partial charge is 0.393 e. The highest BCUT2D eigenvalue weighted by molar-refractivity contribution is 7.09. The molecule has 3 N–H and O–H groups in total. The van der Waals surface area contributed by atoms with Crippen molar-refractivity contribution < 1.29 is 9.84 Å². The second-order valence-electron chi connectivity index (χ2n) is 3.78. The molecule has 0 bridgehead atoms. The van der Waals surface area contributed by atoms with Gasteiger partial charge in [-0.15, -0.1) is 11.3 Å². The van der Waals surface area contributed by atoms with E-state index in [-0.39, 0.29) is 6.10 Å². The molecule has 0 unspecified atom stereocenters. The third kappa shape index (κ3) is 1.68. The summed E-state index contributed by atoms with van der Waals surface area (Å²) in [5, 5.41) is 12.1. The van der Waals surface area contributed by atoms with Crippen LogP contribution < -0.4 is 5.73 Å². The highest BCUT2D eigenvalue weighted by Gasteiger charge is 2.43. The summed E-state index contributed by atoms with van der Waals surface area (Å²) in [5.74, 6) is 0. The van der Waals surface area contributed by atoms with Crippen LogP contribution in [0.5, 0.6) is 0 Å². The zero-order chi connectivity index (χ0) is 10.2. The Bertz CT molecular complexity index is 320. The number of ether oxygens (including phenoxy) is 1. The summed E-state index contributed by atoms with van der Waals surface area (Å²) < 4.78 is 4.98. The molecule has 14 heavy (non-hydrogen) atoms. The molecule has 0 saturated heterocycles. The van der Waals surface area contributed by atoms with Crippen LogP contribution in [0.4, 0.5) is 0 Å². The number of nitrogens with two attached hydrogens (primary N) is 1. The fraction of sp³-hybridized carbons (Fsp3) is 0.667. The van der Waals surface area contributed by atoms with Gasteiger partial charge in [-0.2, -0.15) is 0 Å². The molecule has 2 rings (SSSR count). The van der Waals surface area contributed by atoms with Gasteiger partial charge in [0.2, 0.25) is 0 Å². The first-order chi connectivity index (χ1) is 6.64. The Balaban J connectivity index is 2.09. The molecule has 0 amide bonds. The van der Waals surface area contributed by atoms with Gasteiger partial charge in [0.05, 0.1) is 23.9 Å². The highest BCUT2D eigenvalue weighted by Crippen LogP contribution is 2.39. The number of aliphatic hydroxyl groups is 1.